The number of rotatable bonds is 14. The number of amides is 1. The van der Waals surface area contributed by atoms with Crippen LogP contribution in [0.4, 0.5) is 0 Å². The first-order valence-corrected chi connectivity index (χ1v) is 28.6. The van der Waals surface area contributed by atoms with Gasteiger partial charge in [0, 0.05) is 58.6 Å². The van der Waals surface area contributed by atoms with E-state index in [2.05, 4.69) is 31.3 Å². The molecule has 3 saturated carbocycles. The van der Waals surface area contributed by atoms with Gasteiger partial charge in [-0.05, 0) is 131 Å². The van der Waals surface area contributed by atoms with E-state index in [1.54, 1.807) is 45.0 Å². The number of ketones is 2. The minimum atomic E-state index is -1.74. The number of Topliss-reactive ketones (excluding diaryl/α,β-unsaturated/α-hetero) is 2. The molecular weight excluding hydrogens is 1050 g/mol. The van der Waals surface area contributed by atoms with Crippen LogP contribution in [-0.4, -0.2) is 123 Å². The largest absolute Gasteiger partial charge is 0.482 e. The van der Waals surface area contributed by atoms with Crippen LogP contribution in [0.2, 0.25) is 0 Å². The highest BCUT2D eigenvalue weighted by Crippen LogP contribution is 2.75. The lowest BCUT2D eigenvalue weighted by Crippen LogP contribution is -2.75. The van der Waals surface area contributed by atoms with Gasteiger partial charge in [-0.1, -0.05) is 53.6 Å². The number of carbonyl (C=O) groups excluding carboxylic acids is 4. The van der Waals surface area contributed by atoms with Crippen LogP contribution < -0.4 is 24.3 Å². The number of carbonyl (C=O) groups is 4. The molecule has 6 fully saturated rings. The van der Waals surface area contributed by atoms with Gasteiger partial charge in [0.05, 0.1) is 52.8 Å². The molecule has 6 heterocycles. The summed E-state index contributed by atoms with van der Waals surface area (Å²) in [6.45, 7) is 19.0. The van der Waals surface area contributed by atoms with Crippen LogP contribution in [0.5, 0.6) is 23.0 Å². The number of benzene rings is 3. The number of ether oxygens (including phenoxy) is 8. The van der Waals surface area contributed by atoms with Gasteiger partial charge < -0.3 is 58.5 Å². The number of aliphatic hydroxyl groups is 3. The number of aliphatic hydroxyl groups excluding tert-OH is 3. The third kappa shape index (κ3) is 8.70. The normalized spacial score (nSPS) is 32.6. The molecule has 1 spiro atoms. The Bertz CT molecular complexity index is 3410. The Kier molecular flexibility index (Phi) is 13.7. The first-order valence-electron chi connectivity index (χ1n) is 28.6. The summed E-state index contributed by atoms with van der Waals surface area (Å²) in [6.07, 6.45) is 6.07. The highest BCUT2D eigenvalue weighted by Gasteiger charge is 2.84. The van der Waals surface area contributed by atoms with E-state index in [9.17, 15) is 20.1 Å². The van der Waals surface area contributed by atoms with Gasteiger partial charge in [0.2, 0.25) is 12.2 Å². The van der Waals surface area contributed by atoms with Crippen molar-refractivity contribution < 1.29 is 72.4 Å². The van der Waals surface area contributed by atoms with Crippen molar-refractivity contribution >= 4 is 40.9 Å². The second-order valence-electron chi connectivity index (χ2n) is 25.0. The topological polar surface area (TPSA) is 227 Å². The number of fused-ring (bicyclic) bond motifs is 7. The van der Waals surface area contributed by atoms with Crippen LogP contribution in [0.1, 0.15) is 138 Å². The lowest BCUT2D eigenvalue weighted by molar-refractivity contribution is -0.373. The van der Waals surface area contributed by atoms with Crippen LogP contribution in [0.15, 0.2) is 100 Å². The summed E-state index contributed by atoms with van der Waals surface area (Å²) in [5.41, 5.74) is 1.61. The summed E-state index contributed by atoms with van der Waals surface area (Å²) in [6, 6.07) is 13.5. The molecule has 3 aromatic rings. The molecule has 6 aliphatic heterocycles. The molecule has 4 N–H and O–H groups in total. The summed E-state index contributed by atoms with van der Waals surface area (Å²) >= 11 is 0. The zero-order valence-corrected chi connectivity index (χ0v) is 48.0. The molecule has 4 bridgehead atoms. The zero-order valence-electron chi connectivity index (χ0n) is 48.0. The smallest absolute Gasteiger partial charge is 0.343 e. The van der Waals surface area contributed by atoms with Gasteiger partial charge in [0.25, 0.3) is 0 Å². The molecular formula is C65H72N2O15. The number of hydrogen-bond donors (Lipinski definition) is 4. The van der Waals surface area contributed by atoms with Gasteiger partial charge in [-0.25, -0.2) is 4.79 Å². The summed E-state index contributed by atoms with van der Waals surface area (Å²) in [5.74, 6) is -4.27. The van der Waals surface area contributed by atoms with Crippen LogP contribution in [0.25, 0.3) is 11.8 Å². The van der Waals surface area contributed by atoms with E-state index in [0.717, 1.165) is 5.57 Å². The van der Waals surface area contributed by atoms with Crippen molar-refractivity contribution in [3.63, 3.8) is 0 Å². The standard InChI is InChI=1S/C65H72N2O15/c1-32(2)14-13-25-63(10)26-24-40-53(80-63)39(22-17-33(3)4)55-46(54(40)78-59(74)35-18-20-36(21-19-35)76-60-52(71)51(70)56-42(77-60)31-75-62(8,9)79-56)49-47-44(45-48(67-49)37-15-11-12-16-38(37)50(45)69)41-30-43-61(6,7)82-64(57(41)72,65(43,47)81-55)27-23-34(5)58(73)66-28-29-68/h11-12,14-21,23-24,26,41-45,51-52,56,60,68,70-71H,13,22,25,27-31H2,1-10H3,(H,66,73)/b34-23-/t41-,42+,43+,44?,45?,51+,52+,56+,60+,63?,64?,65?/m0/s1. The number of hydrogen-bond acceptors (Lipinski definition) is 16. The Morgan fingerprint density at radius 1 is 0.890 bits per heavy atom. The Hall–Kier alpha value is -6.57. The summed E-state index contributed by atoms with van der Waals surface area (Å²) in [5, 5.41) is 34.5. The molecule has 432 valence electrons. The van der Waals surface area contributed by atoms with Crippen molar-refractivity contribution in [1.29, 1.82) is 0 Å². The summed E-state index contributed by atoms with van der Waals surface area (Å²) < 4.78 is 53.2. The minimum absolute atomic E-state index is 0.0392. The predicted octanol–water partition coefficient (Wildman–Crippen LogP) is 8.29. The minimum Gasteiger partial charge on any atom is -0.482 e. The zero-order chi connectivity index (χ0) is 58.2. The third-order valence-corrected chi connectivity index (χ3v) is 18.1. The third-order valence-electron chi connectivity index (χ3n) is 18.1. The Labute approximate surface area is 477 Å². The summed E-state index contributed by atoms with van der Waals surface area (Å²) in [4.78, 5) is 65.4. The first-order chi connectivity index (χ1) is 38.9. The van der Waals surface area contributed by atoms with E-state index < -0.39 is 94.4 Å². The SMILES string of the molecule is CC(C)=CCCC1(C)C=Cc2c(c(CC=C(C)C)c3c(c2OC(=O)c2ccc(O[C@@H]4O[C@@H]5COC(C)(C)O[C@H]5[C@H](O)[C@H]4O)cc2)C2=C4C(C5C(=O)c6ccccc6C5=N2)[C@@H]2C[C@@H]5C(C)(C)OC(C/C=C(/C)C(=O)NCCO)(C2=O)C45O3)O1. The van der Waals surface area contributed by atoms with Crippen molar-refractivity contribution in [2.45, 2.75) is 160 Å². The molecule has 5 unspecified atom stereocenters. The van der Waals surface area contributed by atoms with E-state index in [1.807, 2.05) is 65.0 Å². The second kappa shape index (κ2) is 20.1. The number of nitrogens with one attached hydrogen (secondary N) is 1. The average molecular weight is 1120 g/mol. The molecule has 17 heteroatoms. The average Bonchev–Trinajstić information content (AvgIpc) is 1.43. The molecule has 3 aromatic carbocycles. The number of allylic oxidation sites excluding steroid dienone is 4. The molecule has 17 nitrogen and oxygen atoms in total. The fourth-order valence-electron chi connectivity index (χ4n) is 14.3. The van der Waals surface area contributed by atoms with Crippen LogP contribution in [0.3, 0.4) is 0 Å². The van der Waals surface area contributed by atoms with Crippen molar-refractivity contribution in [1.82, 2.24) is 5.32 Å². The van der Waals surface area contributed by atoms with Crippen molar-refractivity contribution in [3.05, 3.63) is 129 Å². The van der Waals surface area contributed by atoms with Gasteiger partial charge >= 0.3 is 5.97 Å². The molecule has 3 saturated heterocycles. The lowest BCUT2D eigenvalue weighted by Gasteiger charge is -2.62. The van der Waals surface area contributed by atoms with Gasteiger partial charge in [0.15, 0.2) is 34.3 Å². The number of aliphatic imine (C=N–C) groups is 1. The van der Waals surface area contributed by atoms with Crippen LogP contribution in [0, 0.1) is 23.7 Å². The van der Waals surface area contributed by atoms with E-state index in [-0.39, 0.29) is 54.8 Å². The fourth-order valence-corrected chi connectivity index (χ4v) is 14.3. The molecule has 10 aliphatic rings. The maximum absolute atomic E-state index is 16.1. The summed E-state index contributed by atoms with van der Waals surface area (Å²) in [7, 11) is 0. The second-order valence-corrected chi connectivity index (χ2v) is 25.0. The molecule has 13 rings (SSSR count). The van der Waals surface area contributed by atoms with Crippen molar-refractivity contribution in [2.75, 3.05) is 19.8 Å². The van der Waals surface area contributed by atoms with E-state index in [4.69, 9.17) is 42.9 Å². The Morgan fingerprint density at radius 2 is 1.62 bits per heavy atom. The Morgan fingerprint density at radius 3 is 2.34 bits per heavy atom. The molecule has 0 aromatic heterocycles. The van der Waals surface area contributed by atoms with Crippen molar-refractivity contribution in [2.24, 2.45) is 28.7 Å². The van der Waals surface area contributed by atoms with Gasteiger partial charge in [-0.2, -0.15) is 0 Å². The first kappa shape index (κ1) is 55.9. The van der Waals surface area contributed by atoms with E-state index in [0.29, 0.717) is 87.6 Å². The van der Waals surface area contributed by atoms with Gasteiger partial charge in [0.1, 0.15) is 47.3 Å². The highest BCUT2D eigenvalue weighted by molar-refractivity contribution is 6.31. The lowest BCUT2D eigenvalue weighted by atomic mass is 9.43. The molecule has 4 aliphatic carbocycles. The maximum Gasteiger partial charge on any atom is 0.343 e. The maximum atomic E-state index is 16.1. The van der Waals surface area contributed by atoms with Crippen molar-refractivity contribution in [3.8, 4) is 23.0 Å². The highest BCUT2D eigenvalue weighted by atomic mass is 16.8. The van der Waals surface area contributed by atoms with Crippen LogP contribution >= 0.6 is 0 Å². The number of nitrogens with zero attached hydrogens (tertiary/aromatic N) is 1. The monoisotopic (exact) mass is 1120 g/mol. The molecule has 82 heavy (non-hydrogen) atoms. The number of esters is 1. The fraction of sp³-hybridized carbons (Fsp3) is 0.492. The van der Waals surface area contributed by atoms with Crippen LogP contribution in [-0.2, 0) is 35.0 Å². The molecule has 12 atom stereocenters. The van der Waals surface area contributed by atoms with Gasteiger partial charge in [-0.15, -0.1) is 0 Å². The Balaban J connectivity index is 1.04. The molecule has 0 radical (unpaired) electrons. The quantitative estimate of drug-likeness (QED) is 0.0515. The van der Waals surface area contributed by atoms with E-state index >= 15 is 14.4 Å². The molecule has 1 amide bonds. The van der Waals surface area contributed by atoms with Gasteiger partial charge in [-0.3, -0.25) is 19.4 Å². The van der Waals surface area contributed by atoms with E-state index in [1.165, 1.54) is 17.7 Å². The predicted molar refractivity (Wildman–Crippen MR) is 301 cm³/mol.